The number of benzene rings is 1. The summed E-state index contributed by atoms with van der Waals surface area (Å²) in [5.74, 6) is 5.66. The summed E-state index contributed by atoms with van der Waals surface area (Å²) in [7, 11) is 0. The molecule has 0 spiro atoms. The van der Waals surface area contributed by atoms with Gasteiger partial charge in [-0.3, -0.25) is 20.8 Å². The molecular weight excluding hydrogens is 272 g/mol. The Balaban J connectivity index is 2.10. The first-order valence-corrected chi connectivity index (χ1v) is 7.11. The first-order valence-electron chi connectivity index (χ1n) is 7.11. The predicted molar refractivity (Wildman–Crippen MR) is 79.8 cm³/mol. The second kappa shape index (κ2) is 6.53. The quantitative estimate of drug-likeness (QED) is 0.405. The second-order valence-corrected chi connectivity index (χ2v) is 5.39. The normalized spacial score (nSPS) is 15.3. The van der Waals surface area contributed by atoms with Crippen LogP contribution < -0.4 is 16.6 Å². The Morgan fingerprint density at radius 1 is 1.52 bits per heavy atom. The van der Waals surface area contributed by atoms with Crippen LogP contribution in [-0.2, 0) is 0 Å². The number of nitro benzene ring substituents is 1. The van der Waals surface area contributed by atoms with E-state index in [4.69, 9.17) is 5.84 Å². The van der Waals surface area contributed by atoms with Crippen molar-refractivity contribution >= 4 is 17.3 Å². The summed E-state index contributed by atoms with van der Waals surface area (Å²) in [6.45, 7) is 2.03. The third kappa shape index (κ3) is 3.91. The van der Waals surface area contributed by atoms with E-state index in [9.17, 15) is 14.9 Å². The van der Waals surface area contributed by atoms with Crippen LogP contribution in [0.3, 0.4) is 0 Å². The molecule has 1 atom stereocenters. The van der Waals surface area contributed by atoms with Gasteiger partial charge in [-0.05, 0) is 30.9 Å². The Kier molecular flexibility index (Phi) is 4.74. The largest absolute Gasteiger partial charge is 0.349 e. The van der Waals surface area contributed by atoms with E-state index in [1.165, 1.54) is 31.0 Å². The number of nitrogen functional groups attached to an aromatic ring is 1. The molecule has 1 aromatic carbocycles. The Morgan fingerprint density at radius 3 is 2.76 bits per heavy atom. The summed E-state index contributed by atoms with van der Waals surface area (Å²) >= 11 is 0. The minimum atomic E-state index is -0.562. The van der Waals surface area contributed by atoms with Gasteiger partial charge in [0.05, 0.1) is 4.92 Å². The highest BCUT2D eigenvalue weighted by molar-refractivity contribution is 5.95. The monoisotopic (exact) mass is 292 g/mol. The van der Waals surface area contributed by atoms with Crippen molar-refractivity contribution in [3.8, 4) is 0 Å². The fourth-order valence-electron chi connectivity index (χ4n) is 2.30. The lowest BCUT2D eigenvalue weighted by molar-refractivity contribution is -0.384. The van der Waals surface area contributed by atoms with E-state index >= 15 is 0 Å². The van der Waals surface area contributed by atoms with Crippen LogP contribution in [0, 0.1) is 16.0 Å². The Bertz CT molecular complexity index is 543. The molecule has 114 valence electrons. The molecule has 7 heteroatoms. The van der Waals surface area contributed by atoms with Crippen LogP contribution in [0.4, 0.5) is 11.4 Å². The molecule has 0 radical (unpaired) electrons. The minimum absolute atomic E-state index is 0.122. The maximum atomic E-state index is 12.2. The highest BCUT2D eigenvalue weighted by atomic mass is 16.6. The predicted octanol–water partition coefficient (Wildman–Crippen LogP) is 2.19. The van der Waals surface area contributed by atoms with Crippen LogP contribution in [0.25, 0.3) is 0 Å². The third-order valence-corrected chi connectivity index (χ3v) is 3.75. The topological polar surface area (TPSA) is 110 Å². The summed E-state index contributed by atoms with van der Waals surface area (Å²) in [5.41, 5.74) is 2.50. The van der Waals surface area contributed by atoms with E-state index < -0.39 is 4.92 Å². The van der Waals surface area contributed by atoms with Crippen molar-refractivity contribution in [2.75, 3.05) is 5.43 Å². The van der Waals surface area contributed by atoms with Crippen LogP contribution in [-0.4, -0.2) is 16.9 Å². The molecule has 1 fully saturated rings. The molecule has 1 aliphatic carbocycles. The number of anilines is 1. The number of hydrogen-bond donors (Lipinski definition) is 3. The number of hydrogen-bond acceptors (Lipinski definition) is 5. The van der Waals surface area contributed by atoms with Crippen molar-refractivity contribution in [1.82, 2.24) is 5.32 Å². The van der Waals surface area contributed by atoms with Crippen LogP contribution >= 0.6 is 0 Å². The van der Waals surface area contributed by atoms with Gasteiger partial charge in [0.1, 0.15) is 5.69 Å². The van der Waals surface area contributed by atoms with Gasteiger partial charge >= 0.3 is 0 Å². The molecule has 7 nitrogen and oxygen atoms in total. The Hall–Kier alpha value is -2.15. The van der Waals surface area contributed by atoms with E-state index in [2.05, 4.69) is 10.7 Å². The summed E-state index contributed by atoms with van der Waals surface area (Å²) < 4.78 is 0. The van der Waals surface area contributed by atoms with Gasteiger partial charge < -0.3 is 10.7 Å². The van der Waals surface area contributed by atoms with E-state index in [-0.39, 0.29) is 28.9 Å². The molecule has 21 heavy (non-hydrogen) atoms. The number of amides is 1. The molecule has 0 bridgehead atoms. The van der Waals surface area contributed by atoms with E-state index in [0.717, 1.165) is 12.8 Å². The number of carbonyl (C=O) groups excluding carboxylic acids is 1. The van der Waals surface area contributed by atoms with Gasteiger partial charge in [0, 0.05) is 17.7 Å². The molecule has 2 rings (SSSR count). The lowest BCUT2D eigenvalue weighted by atomic mass is 10.1. The fraction of sp³-hybridized carbons (Fsp3) is 0.500. The molecule has 1 amide bonds. The standard InChI is InChI=1S/C14H20N4O3/c1-2-11(7-9-3-4-9)16-14(19)10-5-6-12(17-15)13(8-10)18(20)21/h5-6,8-9,11,17H,2-4,7,15H2,1H3,(H,16,19). The smallest absolute Gasteiger partial charge is 0.294 e. The van der Waals surface area contributed by atoms with Crippen molar-refractivity contribution in [3.05, 3.63) is 33.9 Å². The van der Waals surface area contributed by atoms with Gasteiger partial charge in [0.2, 0.25) is 0 Å². The van der Waals surface area contributed by atoms with Crippen LogP contribution in [0.5, 0.6) is 0 Å². The lowest BCUT2D eigenvalue weighted by Gasteiger charge is -2.16. The van der Waals surface area contributed by atoms with Crippen molar-refractivity contribution < 1.29 is 9.72 Å². The van der Waals surface area contributed by atoms with Gasteiger partial charge in [0.15, 0.2) is 0 Å². The third-order valence-electron chi connectivity index (χ3n) is 3.75. The molecule has 1 unspecified atom stereocenters. The van der Waals surface area contributed by atoms with Crippen molar-refractivity contribution in [3.63, 3.8) is 0 Å². The highest BCUT2D eigenvalue weighted by Gasteiger charge is 2.26. The highest BCUT2D eigenvalue weighted by Crippen LogP contribution is 2.34. The molecule has 1 saturated carbocycles. The van der Waals surface area contributed by atoms with Gasteiger partial charge in [0.25, 0.3) is 11.6 Å². The maximum absolute atomic E-state index is 12.2. The van der Waals surface area contributed by atoms with Crippen LogP contribution in [0.1, 0.15) is 43.0 Å². The number of hydrazine groups is 1. The zero-order chi connectivity index (χ0) is 15.4. The minimum Gasteiger partial charge on any atom is -0.349 e. The van der Waals surface area contributed by atoms with Crippen molar-refractivity contribution in [2.45, 2.75) is 38.6 Å². The zero-order valence-electron chi connectivity index (χ0n) is 12.0. The van der Waals surface area contributed by atoms with Gasteiger partial charge in [-0.25, -0.2) is 0 Å². The second-order valence-electron chi connectivity index (χ2n) is 5.39. The summed E-state index contributed by atoms with van der Waals surface area (Å²) in [6, 6.07) is 4.33. The van der Waals surface area contributed by atoms with Crippen LogP contribution in [0.15, 0.2) is 18.2 Å². The molecule has 0 aliphatic heterocycles. The number of nitro groups is 1. The number of nitrogens with zero attached hydrogens (tertiary/aromatic N) is 1. The Morgan fingerprint density at radius 2 is 2.24 bits per heavy atom. The number of rotatable bonds is 7. The van der Waals surface area contributed by atoms with Gasteiger partial charge in [-0.1, -0.05) is 19.8 Å². The first-order chi connectivity index (χ1) is 10.0. The summed E-state index contributed by atoms with van der Waals surface area (Å²) in [5, 5.41) is 13.9. The zero-order valence-corrected chi connectivity index (χ0v) is 12.0. The molecule has 1 aliphatic rings. The van der Waals surface area contributed by atoms with Gasteiger partial charge in [-0.15, -0.1) is 0 Å². The van der Waals surface area contributed by atoms with Crippen LogP contribution in [0.2, 0.25) is 0 Å². The summed E-state index contributed by atoms with van der Waals surface area (Å²) in [6.07, 6.45) is 4.29. The molecule has 1 aromatic rings. The SMILES string of the molecule is CCC(CC1CC1)NC(=O)c1ccc(NN)c([N+](=O)[O-])c1. The molecule has 0 heterocycles. The van der Waals surface area contributed by atoms with Crippen molar-refractivity contribution in [1.29, 1.82) is 0 Å². The number of nitrogens with one attached hydrogen (secondary N) is 2. The van der Waals surface area contributed by atoms with Gasteiger partial charge in [-0.2, -0.15) is 0 Å². The summed E-state index contributed by atoms with van der Waals surface area (Å²) in [4.78, 5) is 22.6. The number of carbonyl (C=O) groups is 1. The maximum Gasteiger partial charge on any atom is 0.294 e. The fourth-order valence-corrected chi connectivity index (χ4v) is 2.30. The number of nitrogens with two attached hydrogens (primary N) is 1. The molecule has 4 N–H and O–H groups in total. The molecule has 0 saturated heterocycles. The van der Waals surface area contributed by atoms with E-state index in [1.807, 2.05) is 6.92 Å². The van der Waals surface area contributed by atoms with E-state index in [1.54, 1.807) is 0 Å². The molecular formula is C14H20N4O3. The average Bonchev–Trinajstić information content (AvgIpc) is 3.29. The van der Waals surface area contributed by atoms with Crippen molar-refractivity contribution in [2.24, 2.45) is 11.8 Å². The van der Waals surface area contributed by atoms with E-state index in [0.29, 0.717) is 5.92 Å². The average molecular weight is 292 g/mol. The molecule has 0 aromatic heterocycles. The Labute approximate surface area is 123 Å². The first kappa shape index (κ1) is 15.2. The lowest BCUT2D eigenvalue weighted by Crippen LogP contribution is -2.34.